The van der Waals surface area contributed by atoms with Crippen LogP contribution in [0.4, 0.5) is 4.39 Å². The highest BCUT2D eigenvalue weighted by Gasteiger charge is 2.52. The van der Waals surface area contributed by atoms with Crippen LogP contribution >= 0.6 is 11.6 Å². The Morgan fingerprint density at radius 3 is 2.32 bits per heavy atom. The number of halogens is 2. The SMILES string of the molecule is CN1CC2(CC(OCc3ccccc3)C2)n2cc(C(=O)NCc3cccc(Cl)c3F)c(=O)c(OCc3ccccc3)c2C1=O. The maximum absolute atomic E-state index is 14.5. The van der Waals surface area contributed by atoms with E-state index in [0.717, 1.165) is 11.1 Å². The molecule has 1 N–H and O–H groups in total. The van der Waals surface area contributed by atoms with Crippen LogP contribution in [0.5, 0.6) is 5.75 Å². The summed E-state index contributed by atoms with van der Waals surface area (Å²) in [5.41, 5.74) is 0.595. The van der Waals surface area contributed by atoms with Gasteiger partial charge in [0.1, 0.15) is 18.0 Å². The smallest absolute Gasteiger partial charge is 0.274 e. The Labute approximate surface area is 259 Å². The summed E-state index contributed by atoms with van der Waals surface area (Å²) in [6.45, 7) is 0.663. The molecule has 1 aliphatic heterocycles. The maximum Gasteiger partial charge on any atom is 0.274 e. The molecule has 44 heavy (non-hydrogen) atoms. The lowest BCUT2D eigenvalue weighted by atomic mass is 9.72. The molecule has 1 spiro atoms. The van der Waals surface area contributed by atoms with Crippen molar-refractivity contribution in [2.75, 3.05) is 13.6 Å². The zero-order valence-electron chi connectivity index (χ0n) is 24.1. The van der Waals surface area contributed by atoms with Gasteiger partial charge in [-0.25, -0.2) is 4.39 Å². The lowest BCUT2D eigenvalue weighted by Crippen LogP contribution is -2.61. The van der Waals surface area contributed by atoms with Crippen molar-refractivity contribution in [2.45, 2.75) is 44.2 Å². The average Bonchev–Trinajstić information content (AvgIpc) is 3.02. The van der Waals surface area contributed by atoms with E-state index in [1.807, 2.05) is 60.7 Å². The summed E-state index contributed by atoms with van der Waals surface area (Å²) in [5.74, 6) is -1.93. The van der Waals surface area contributed by atoms with Gasteiger partial charge in [-0.3, -0.25) is 14.4 Å². The van der Waals surface area contributed by atoms with Gasteiger partial charge in [0.25, 0.3) is 11.8 Å². The van der Waals surface area contributed by atoms with Crippen LogP contribution < -0.4 is 15.5 Å². The highest BCUT2D eigenvalue weighted by molar-refractivity contribution is 6.30. The molecule has 1 aromatic heterocycles. The Bertz CT molecular complexity index is 1760. The summed E-state index contributed by atoms with van der Waals surface area (Å²) in [4.78, 5) is 42.5. The summed E-state index contributed by atoms with van der Waals surface area (Å²) in [6.07, 6.45) is 2.50. The third-order valence-corrected chi connectivity index (χ3v) is 8.53. The molecule has 3 aromatic carbocycles. The van der Waals surface area contributed by atoms with Crippen LogP contribution in [0.1, 0.15) is 50.4 Å². The monoisotopic (exact) mass is 615 g/mol. The van der Waals surface area contributed by atoms with Gasteiger partial charge in [0, 0.05) is 31.9 Å². The third kappa shape index (κ3) is 5.73. The van der Waals surface area contributed by atoms with Gasteiger partial charge in [0.05, 0.1) is 23.3 Å². The Balaban J connectivity index is 1.34. The molecule has 226 valence electrons. The van der Waals surface area contributed by atoms with Gasteiger partial charge in [0.2, 0.25) is 5.43 Å². The molecular weight excluding hydrogens is 585 g/mol. The second-order valence-electron chi connectivity index (χ2n) is 11.3. The molecule has 2 aliphatic rings. The normalized spacial score (nSPS) is 18.9. The van der Waals surface area contributed by atoms with Crippen LogP contribution in [-0.2, 0) is 30.0 Å². The van der Waals surface area contributed by atoms with Gasteiger partial charge in [-0.05, 0) is 30.0 Å². The van der Waals surface area contributed by atoms with E-state index in [2.05, 4.69) is 5.32 Å². The quantitative estimate of drug-likeness (QED) is 0.276. The number of aromatic nitrogens is 1. The second-order valence-corrected chi connectivity index (χ2v) is 11.7. The first-order chi connectivity index (χ1) is 21.3. The number of rotatable bonds is 9. The Hall–Kier alpha value is -4.47. The predicted molar refractivity (Wildman–Crippen MR) is 163 cm³/mol. The summed E-state index contributed by atoms with van der Waals surface area (Å²) < 4.78 is 28.5. The van der Waals surface area contributed by atoms with E-state index in [4.69, 9.17) is 21.1 Å². The van der Waals surface area contributed by atoms with Crippen LogP contribution in [0, 0.1) is 5.82 Å². The topological polar surface area (TPSA) is 89.9 Å². The van der Waals surface area contributed by atoms with Crippen molar-refractivity contribution in [1.29, 1.82) is 0 Å². The van der Waals surface area contributed by atoms with Gasteiger partial charge in [-0.15, -0.1) is 0 Å². The van der Waals surface area contributed by atoms with E-state index in [0.29, 0.717) is 26.0 Å². The minimum atomic E-state index is -0.716. The summed E-state index contributed by atoms with van der Waals surface area (Å²) >= 11 is 5.90. The van der Waals surface area contributed by atoms with Crippen LogP contribution in [-0.4, -0.2) is 41.0 Å². The largest absolute Gasteiger partial charge is 0.483 e. The lowest BCUT2D eigenvalue weighted by Gasteiger charge is -2.53. The highest BCUT2D eigenvalue weighted by Crippen LogP contribution is 2.46. The van der Waals surface area contributed by atoms with E-state index >= 15 is 0 Å². The minimum Gasteiger partial charge on any atom is -0.483 e. The van der Waals surface area contributed by atoms with Gasteiger partial charge in [0.15, 0.2) is 11.4 Å². The van der Waals surface area contributed by atoms with Crippen molar-refractivity contribution in [2.24, 2.45) is 0 Å². The average molecular weight is 616 g/mol. The molecule has 0 atom stereocenters. The van der Waals surface area contributed by atoms with Crippen LogP contribution in [0.2, 0.25) is 5.02 Å². The zero-order chi connectivity index (χ0) is 30.8. The number of hydrogen-bond donors (Lipinski definition) is 1. The number of carbonyl (C=O) groups excluding carboxylic acids is 2. The van der Waals surface area contributed by atoms with Gasteiger partial charge in [-0.2, -0.15) is 0 Å². The molecule has 6 rings (SSSR count). The van der Waals surface area contributed by atoms with E-state index in [9.17, 15) is 18.8 Å². The molecule has 1 aliphatic carbocycles. The number of benzene rings is 3. The standard InChI is InChI=1S/C34H31ClFN3O5/c1-38-21-34(15-25(16-34)43-19-22-9-4-2-5-10-22)39-18-26(32(41)37-17-24-13-8-14-27(35)28(24)36)30(40)31(29(39)33(38)42)44-20-23-11-6-3-7-12-23/h2-14,18,25H,15-17,19-21H2,1H3,(H,37,41). The van der Waals surface area contributed by atoms with E-state index in [1.165, 1.54) is 18.3 Å². The molecular formula is C34H31ClFN3O5. The van der Waals surface area contributed by atoms with Crippen molar-refractivity contribution in [1.82, 2.24) is 14.8 Å². The van der Waals surface area contributed by atoms with Gasteiger partial charge < -0.3 is 24.3 Å². The molecule has 8 nitrogen and oxygen atoms in total. The molecule has 0 radical (unpaired) electrons. The number of ether oxygens (including phenoxy) is 2. The van der Waals surface area contributed by atoms with Crippen molar-refractivity contribution in [3.05, 3.63) is 134 Å². The van der Waals surface area contributed by atoms with Crippen molar-refractivity contribution in [3.8, 4) is 5.75 Å². The molecule has 1 saturated carbocycles. The number of nitrogens with one attached hydrogen (secondary N) is 1. The molecule has 0 unspecified atom stereocenters. The number of carbonyl (C=O) groups is 2. The van der Waals surface area contributed by atoms with E-state index in [1.54, 1.807) is 22.6 Å². The van der Waals surface area contributed by atoms with Gasteiger partial charge in [-0.1, -0.05) is 84.4 Å². The minimum absolute atomic E-state index is 0.0225. The van der Waals surface area contributed by atoms with Crippen molar-refractivity contribution >= 4 is 23.4 Å². The Morgan fingerprint density at radius 1 is 0.977 bits per heavy atom. The molecule has 4 aromatic rings. The van der Waals surface area contributed by atoms with Crippen molar-refractivity contribution in [3.63, 3.8) is 0 Å². The fraction of sp³-hybridized carbons (Fsp3) is 0.265. The molecule has 0 saturated heterocycles. The summed E-state index contributed by atoms with van der Waals surface area (Å²) in [6, 6.07) is 23.6. The van der Waals surface area contributed by atoms with E-state index in [-0.39, 0.29) is 52.8 Å². The van der Waals surface area contributed by atoms with Crippen LogP contribution in [0.25, 0.3) is 0 Å². The number of amides is 2. The zero-order valence-corrected chi connectivity index (χ0v) is 24.9. The third-order valence-electron chi connectivity index (χ3n) is 8.24. The number of hydrogen-bond acceptors (Lipinski definition) is 5. The Kier molecular flexibility index (Phi) is 8.25. The molecule has 1 fully saturated rings. The number of fused-ring (bicyclic) bond motifs is 2. The number of nitrogens with zero attached hydrogens (tertiary/aromatic N) is 2. The molecule has 0 bridgehead atoms. The van der Waals surface area contributed by atoms with Gasteiger partial charge >= 0.3 is 0 Å². The first kappa shape index (κ1) is 29.6. The number of pyridine rings is 1. The van der Waals surface area contributed by atoms with Crippen molar-refractivity contribution < 1.29 is 23.5 Å². The second kappa shape index (κ2) is 12.3. The first-order valence-electron chi connectivity index (χ1n) is 14.3. The van der Waals surface area contributed by atoms with E-state index < -0.39 is 22.7 Å². The Morgan fingerprint density at radius 2 is 1.64 bits per heavy atom. The first-order valence-corrected chi connectivity index (χ1v) is 14.7. The number of likely N-dealkylation sites (N-methyl/N-ethyl adjacent to an activating group) is 1. The lowest BCUT2D eigenvalue weighted by molar-refractivity contribution is -0.0929. The predicted octanol–water partition coefficient (Wildman–Crippen LogP) is 5.31. The van der Waals surface area contributed by atoms with Crippen LogP contribution in [0.15, 0.2) is 89.9 Å². The summed E-state index contributed by atoms with van der Waals surface area (Å²) in [5, 5.41) is 2.57. The highest BCUT2D eigenvalue weighted by atomic mass is 35.5. The maximum atomic E-state index is 14.5. The molecule has 2 amide bonds. The fourth-order valence-electron chi connectivity index (χ4n) is 5.94. The molecule has 10 heteroatoms. The summed E-state index contributed by atoms with van der Waals surface area (Å²) in [7, 11) is 1.69. The fourth-order valence-corrected chi connectivity index (χ4v) is 6.13. The van der Waals surface area contributed by atoms with Crippen LogP contribution in [0.3, 0.4) is 0 Å². The molecule has 2 heterocycles.